The van der Waals surface area contributed by atoms with E-state index in [9.17, 15) is 9.18 Å². The number of amides is 1. The molecule has 1 aliphatic rings. The summed E-state index contributed by atoms with van der Waals surface area (Å²) in [6.07, 6.45) is 0.997. The quantitative estimate of drug-likeness (QED) is 0.751. The number of nitriles is 1. The van der Waals surface area contributed by atoms with Crippen molar-refractivity contribution < 1.29 is 9.18 Å². The molecule has 1 N–H and O–H groups in total. The Balaban J connectivity index is 2.18. The Hall–Kier alpha value is -2.00. The molecule has 88 valence electrons. The van der Waals surface area contributed by atoms with Gasteiger partial charge in [0.15, 0.2) is 0 Å². The number of halogens is 1. The molecule has 6 heteroatoms. The molecule has 1 fully saturated rings. The van der Waals surface area contributed by atoms with Crippen LogP contribution in [0.3, 0.4) is 0 Å². The molecule has 1 aromatic heterocycles. The fourth-order valence-corrected chi connectivity index (χ4v) is 1.71. The maximum absolute atomic E-state index is 12.7. The number of aromatic nitrogens is 1. The molecule has 1 aromatic rings. The second-order valence-electron chi connectivity index (χ2n) is 3.71. The zero-order valence-corrected chi connectivity index (χ0v) is 9.06. The SMILES string of the molecule is N#CC1CNCCN1C(=O)c1ccc(F)cn1. The van der Waals surface area contributed by atoms with Crippen LogP contribution in [0.5, 0.6) is 0 Å². The van der Waals surface area contributed by atoms with Gasteiger partial charge in [-0.15, -0.1) is 0 Å². The van der Waals surface area contributed by atoms with E-state index in [0.717, 1.165) is 6.20 Å². The number of rotatable bonds is 1. The van der Waals surface area contributed by atoms with Crippen molar-refractivity contribution >= 4 is 5.91 Å². The lowest BCUT2D eigenvalue weighted by Gasteiger charge is -2.31. The van der Waals surface area contributed by atoms with Gasteiger partial charge in [0.25, 0.3) is 5.91 Å². The van der Waals surface area contributed by atoms with Gasteiger partial charge >= 0.3 is 0 Å². The van der Waals surface area contributed by atoms with Gasteiger partial charge in [-0.2, -0.15) is 5.26 Å². The van der Waals surface area contributed by atoms with Crippen molar-refractivity contribution in [2.24, 2.45) is 0 Å². The van der Waals surface area contributed by atoms with Crippen LogP contribution in [0.2, 0.25) is 0 Å². The van der Waals surface area contributed by atoms with Crippen LogP contribution in [0, 0.1) is 17.1 Å². The third-order valence-electron chi connectivity index (χ3n) is 2.60. The van der Waals surface area contributed by atoms with Gasteiger partial charge in [-0.3, -0.25) is 4.79 Å². The molecule has 1 unspecified atom stereocenters. The molecule has 0 saturated carbocycles. The normalized spacial score (nSPS) is 19.8. The molecule has 1 amide bonds. The third kappa shape index (κ3) is 2.40. The Labute approximate surface area is 97.9 Å². The van der Waals surface area contributed by atoms with E-state index in [0.29, 0.717) is 19.6 Å². The summed E-state index contributed by atoms with van der Waals surface area (Å²) in [6.45, 7) is 1.55. The van der Waals surface area contributed by atoms with Gasteiger partial charge in [-0.05, 0) is 12.1 Å². The van der Waals surface area contributed by atoms with E-state index >= 15 is 0 Å². The average molecular weight is 234 g/mol. The maximum atomic E-state index is 12.7. The van der Waals surface area contributed by atoms with E-state index in [1.54, 1.807) is 0 Å². The molecule has 1 aliphatic heterocycles. The second kappa shape index (κ2) is 4.89. The van der Waals surface area contributed by atoms with E-state index in [-0.39, 0.29) is 11.6 Å². The smallest absolute Gasteiger partial charge is 0.273 e. The molecule has 0 spiro atoms. The molecule has 0 aliphatic carbocycles. The fraction of sp³-hybridized carbons (Fsp3) is 0.364. The lowest BCUT2D eigenvalue weighted by atomic mass is 10.2. The third-order valence-corrected chi connectivity index (χ3v) is 2.60. The monoisotopic (exact) mass is 234 g/mol. The zero-order valence-electron chi connectivity index (χ0n) is 9.06. The van der Waals surface area contributed by atoms with Gasteiger partial charge in [0.05, 0.1) is 12.3 Å². The van der Waals surface area contributed by atoms with Crippen molar-refractivity contribution in [1.29, 1.82) is 5.26 Å². The predicted octanol–water partition coefficient (Wildman–Crippen LogP) is 0.158. The standard InChI is InChI=1S/C11H11FN4O/c12-8-1-2-10(15-6-8)11(17)16-4-3-14-7-9(16)5-13/h1-2,6,9,14H,3-4,7H2. The van der Waals surface area contributed by atoms with E-state index in [4.69, 9.17) is 5.26 Å². The van der Waals surface area contributed by atoms with E-state index in [1.165, 1.54) is 17.0 Å². The Morgan fingerprint density at radius 1 is 1.65 bits per heavy atom. The summed E-state index contributed by atoms with van der Waals surface area (Å²) in [4.78, 5) is 17.2. The van der Waals surface area contributed by atoms with E-state index < -0.39 is 11.9 Å². The Morgan fingerprint density at radius 3 is 3.12 bits per heavy atom. The number of carbonyl (C=O) groups is 1. The zero-order chi connectivity index (χ0) is 12.3. The summed E-state index contributed by atoms with van der Waals surface area (Å²) in [6, 6.07) is 4.07. The summed E-state index contributed by atoms with van der Waals surface area (Å²) < 4.78 is 12.7. The molecule has 17 heavy (non-hydrogen) atoms. The van der Waals surface area contributed by atoms with Gasteiger partial charge in [0, 0.05) is 19.6 Å². The number of carbonyl (C=O) groups excluding carboxylic acids is 1. The van der Waals surface area contributed by atoms with Gasteiger partial charge in [0.2, 0.25) is 0 Å². The van der Waals surface area contributed by atoms with Crippen molar-refractivity contribution in [2.75, 3.05) is 19.6 Å². The molecule has 1 atom stereocenters. The highest BCUT2D eigenvalue weighted by Gasteiger charge is 2.27. The van der Waals surface area contributed by atoms with Gasteiger partial charge < -0.3 is 10.2 Å². The van der Waals surface area contributed by atoms with E-state index in [2.05, 4.69) is 16.4 Å². The predicted molar refractivity (Wildman–Crippen MR) is 57.5 cm³/mol. The van der Waals surface area contributed by atoms with Crippen LogP contribution < -0.4 is 5.32 Å². The van der Waals surface area contributed by atoms with Crippen LogP contribution in [0.25, 0.3) is 0 Å². The summed E-state index contributed by atoms with van der Waals surface area (Å²) >= 11 is 0. The molecule has 2 heterocycles. The van der Waals surface area contributed by atoms with E-state index in [1.807, 2.05) is 0 Å². The van der Waals surface area contributed by atoms with Crippen LogP contribution in [-0.2, 0) is 0 Å². The molecule has 2 rings (SSSR count). The highest BCUT2D eigenvalue weighted by molar-refractivity contribution is 5.92. The van der Waals surface area contributed by atoms with Crippen molar-refractivity contribution in [3.8, 4) is 6.07 Å². The van der Waals surface area contributed by atoms with Crippen LogP contribution in [0.1, 0.15) is 10.5 Å². The molecule has 0 radical (unpaired) electrons. The number of piperazine rings is 1. The Kier molecular flexibility index (Phi) is 3.30. The Morgan fingerprint density at radius 2 is 2.47 bits per heavy atom. The first-order valence-corrected chi connectivity index (χ1v) is 5.25. The van der Waals surface area contributed by atoms with Gasteiger partial charge in [-0.25, -0.2) is 9.37 Å². The number of nitrogens with zero attached hydrogens (tertiary/aromatic N) is 3. The van der Waals surface area contributed by atoms with Crippen molar-refractivity contribution in [3.63, 3.8) is 0 Å². The summed E-state index contributed by atoms with van der Waals surface area (Å²) in [5, 5.41) is 12.0. The van der Waals surface area contributed by atoms with Gasteiger partial charge in [-0.1, -0.05) is 0 Å². The fourth-order valence-electron chi connectivity index (χ4n) is 1.71. The number of hydrogen-bond donors (Lipinski definition) is 1. The summed E-state index contributed by atoms with van der Waals surface area (Å²) in [7, 11) is 0. The molecule has 0 bridgehead atoms. The second-order valence-corrected chi connectivity index (χ2v) is 3.71. The van der Waals surface area contributed by atoms with Crippen molar-refractivity contribution in [2.45, 2.75) is 6.04 Å². The summed E-state index contributed by atoms with van der Waals surface area (Å²) in [5.41, 5.74) is 0.161. The molecule has 0 aromatic carbocycles. The van der Waals surface area contributed by atoms with Crippen LogP contribution in [-0.4, -0.2) is 41.5 Å². The van der Waals surface area contributed by atoms with Crippen molar-refractivity contribution in [1.82, 2.24) is 15.2 Å². The number of pyridine rings is 1. The Bertz CT molecular complexity index is 454. The first-order chi connectivity index (χ1) is 8.22. The first kappa shape index (κ1) is 11.5. The van der Waals surface area contributed by atoms with Gasteiger partial charge in [0.1, 0.15) is 17.6 Å². The average Bonchev–Trinajstić information content (AvgIpc) is 2.39. The topological polar surface area (TPSA) is 69.0 Å². The minimum atomic E-state index is -0.497. The lowest BCUT2D eigenvalue weighted by molar-refractivity contribution is 0.0681. The summed E-state index contributed by atoms with van der Waals surface area (Å²) in [5.74, 6) is -0.822. The largest absolute Gasteiger partial charge is 0.319 e. The molecule has 1 saturated heterocycles. The highest BCUT2D eigenvalue weighted by Crippen LogP contribution is 2.08. The highest BCUT2D eigenvalue weighted by atomic mass is 19.1. The molecule has 5 nitrogen and oxygen atoms in total. The number of nitrogens with one attached hydrogen (secondary N) is 1. The minimum absolute atomic E-state index is 0.161. The molecular weight excluding hydrogens is 223 g/mol. The van der Waals surface area contributed by atoms with Crippen LogP contribution in [0.4, 0.5) is 4.39 Å². The van der Waals surface area contributed by atoms with Crippen LogP contribution in [0.15, 0.2) is 18.3 Å². The number of hydrogen-bond acceptors (Lipinski definition) is 4. The maximum Gasteiger partial charge on any atom is 0.273 e. The van der Waals surface area contributed by atoms with Crippen LogP contribution >= 0.6 is 0 Å². The van der Waals surface area contributed by atoms with Crippen molar-refractivity contribution in [3.05, 3.63) is 29.8 Å². The lowest BCUT2D eigenvalue weighted by Crippen LogP contribution is -2.53. The molecular formula is C11H11FN4O. The first-order valence-electron chi connectivity index (χ1n) is 5.25. The minimum Gasteiger partial charge on any atom is -0.319 e.